The number of hydrogen-bond donors (Lipinski definition) is 0. The van der Waals surface area contributed by atoms with Crippen LogP contribution in [0.15, 0.2) is 18.2 Å². The number of hydrogen-bond acceptors (Lipinski definition) is 4. The number of ether oxygens (including phenoxy) is 2. The third-order valence-corrected chi connectivity index (χ3v) is 1.96. The van der Waals surface area contributed by atoms with E-state index in [9.17, 15) is 13.6 Å². The van der Waals surface area contributed by atoms with Crippen LogP contribution in [0.1, 0.15) is 16.8 Å². The highest BCUT2D eigenvalue weighted by Crippen LogP contribution is 2.41. The Labute approximate surface area is 89.0 Å². The first kappa shape index (κ1) is 10.4. The van der Waals surface area contributed by atoms with Crippen molar-refractivity contribution in [2.24, 2.45) is 0 Å². The maximum absolute atomic E-state index is 12.6. The van der Waals surface area contributed by atoms with E-state index in [0.29, 0.717) is 0 Å². The monoisotopic (exact) mass is 225 g/mol. The summed E-state index contributed by atoms with van der Waals surface area (Å²) in [6, 6.07) is 5.33. The van der Waals surface area contributed by atoms with Crippen molar-refractivity contribution < 1.29 is 23.0 Å². The van der Waals surface area contributed by atoms with Crippen LogP contribution in [0.5, 0.6) is 11.5 Å². The Kier molecular flexibility index (Phi) is 2.23. The molecule has 16 heavy (non-hydrogen) atoms. The third kappa shape index (κ3) is 1.80. The lowest BCUT2D eigenvalue weighted by molar-refractivity contribution is -0.286. The fourth-order valence-corrected chi connectivity index (χ4v) is 1.30. The summed E-state index contributed by atoms with van der Waals surface area (Å²) >= 11 is 0. The molecule has 0 N–H and O–H groups in total. The zero-order valence-corrected chi connectivity index (χ0v) is 7.87. The Morgan fingerprint density at radius 3 is 2.75 bits per heavy atom. The van der Waals surface area contributed by atoms with E-state index >= 15 is 0 Å². The van der Waals surface area contributed by atoms with Crippen LogP contribution in [-0.2, 0) is 0 Å². The molecule has 0 saturated carbocycles. The van der Waals surface area contributed by atoms with Crippen LogP contribution in [0, 0.1) is 11.3 Å². The number of Topliss-reactive ketones (excluding diaryl/α,β-unsaturated/α-hetero) is 1. The minimum absolute atomic E-state index is 0.126. The molecule has 0 aliphatic carbocycles. The van der Waals surface area contributed by atoms with Crippen molar-refractivity contribution in [3.05, 3.63) is 23.8 Å². The summed E-state index contributed by atoms with van der Waals surface area (Å²) in [5.74, 6) is -0.781. The molecule has 0 atom stereocenters. The number of halogens is 2. The lowest BCUT2D eigenvalue weighted by atomic mass is 10.1. The Balaban J connectivity index is 2.30. The van der Waals surface area contributed by atoms with Crippen LogP contribution >= 0.6 is 0 Å². The van der Waals surface area contributed by atoms with E-state index in [2.05, 4.69) is 9.47 Å². The highest BCUT2D eigenvalue weighted by atomic mass is 19.3. The van der Waals surface area contributed by atoms with Gasteiger partial charge in [-0.1, -0.05) is 0 Å². The summed E-state index contributed by atoms with van der Waals surface area (Å²) in [5.41, 5.74) is 0.140. The van der Waals surface area contributed by atoms with Crippen molar-refractivity contribution >= 4 is 5.78 Å². The van der Waals surface area contributed by atoms with Gasteiger partial charge in [0.15, 0.2) is 17.3 Å². The van der Waals surface area contributed by atoms with Crippen molar-refractivity contribution in [1.82, 2.24) is 0 Å². The summed E-state index contributed by atoms with van der Waals surface area (Å²) in [4.78, 5) is 11.3. The van der Waals surface area contributed by atoms with Crippen molar-refractivity contribution in [3.8, 4) is 17.6 Å². The van der Waals surface area contributed by atoms with Crippen LogP contribution in [0.25, 0.3) is 0 Å². The summed E-state index contributed by atoms with van der Waals surface area (Å²) in [6.45, 7) is 0. The minimum atomic E-state index is -3.70. The topological polar surface area (TPSA) is 59.3 Å². The SMILES string of the molecule is N#CCC(=O)c1ccc2c(c1)OC(F)(F)O2. The molecule has 0 bridgehead atoms. The molecule has 0 unspecified atom stereocenters. The molecule has 0 fully saturated rings. The minimum Gasteiger partial charge on any atom is -0.395 e. The normalized spacial score (nSPS) is 15.6. The van der Waals surface area contributed by atoms with Crippen LogP contribution in [-0.4, -0.2) is 12.1 Å². The van der Waals surface area contributed by atoms with E-state index in [0.717, 1.165) is 6.07 Å². The van der Waals surface area contributed by atoms with Crippen molar-refractivity contribution in [2.45, 2.75) is 12.7 Å². The highest BCUT2D eigenvalue weighted by molar-refractivity contribution is 5.97. The largest absolute Gasteiger partial charge is 0.586 e. The second-order valence-electron chi connectivity index (χ2n) is 3.09. The standard InChI is InChI=1S/C10H5F2NO3/c11-10(12)15-8-2-1-6(5-9(8)16-10)7(14)3-4-13/h1-2,5H,3H2. The van der Waals surface area contributed by atoms with Crippen LogP contribution in [0.4, 0.5) is 8.78 Å². The molecule has 2 rings (SSSR count). The van der Waals surface area contributed by atoms with Gasteiger partial charge < -0.3 is 9.47 Å². The molecule has 6 heteroatoms. The van der Waals surface area contributed by atoms with Crippen LogP contribution < -0.4 is 9.47 Å². The molecule has 1 aliphatic heterocycles. The van der Waals surface area contributed by atoms with Gasteiger partial charge in [0, 0.05) is 5.56 Å². The lowest BCUT2D eigenvalue weighted by Crippen LogP contribution is -2.25. The molecule has 0 spiro atoms. The number of carbonyl (C=O) groups excluding carboxylic acids is 1. The Bertz CT molecular complexity index is 493. The Hall–Kier alpha value is -2.16. The van der Waals surface area contributed by atoms with E-state index in [4.69, 9.17) is 5.26 Å². The van der Waals surface area contributed by atoms with Gasteiger partial charge in [-0.15, -0.1) is 8.78 Å². The Morgan fingerprint density at radius 1 is 1.38 bits per heavy atom. The predicted molar refractivity (Wildman–Crippen MR) is 47.2 cm³/mol. The number of rotatable bonds is 2. The maximum atomic E-state index is 12.6. The molecular formula is C10H5F2NO3. The summed E-state index contributed by atoms with van der Waals surface area (Å²) in [5, 5.41) is 8.33. The number of nitriles is 1. The number of ketones is 1. The first-order valence-corrected chi connectivity index (χ1v) is 4.32. The van der Waals surface area contributed by atoms with Crippen molar-refractivity contribution in [1.29, 1.82) is 5.26 Å². The molecule has 1 aliphatic rings. The van der Waals surface area contributed by atoms with Gasteiger partial charge in [0.2, 0.25) is 0 Å². The molecule has 0 amide bonds. The fourth-order valence-electron chi connectivity index (χ4n) is 1.30. The first-order valence-electron chi connectivity index (χ1n) is 4.32. The molecule has 82 valence electrons. The molecule has 1 aromatic rings. The number of fused-ring (bicyclic) bond motifs is 1. The van der Waals surface area contributed by atoms with Crippen LogP contribution in [0.3, 0.4) is 0 Å². The highest BCUT2D eigenvalue weighted by Gasteiger charge is 2.43. The number of nitrogens with zero attached hydrogens (tertiary/aromatic N) is 1. The van der Waals surface area contributed by atoms with E-state index in [-0.39, 0.29) is 23.5 Å². The maximum Gasteiger partial charge on any atom is 0.586 e. The van der Waals surface area contributed by atoms with Crippen molar-refractivity contribution in [3.63, 3.8) is 0 Å². The van der Waals surface area contributed by atoms with Gasteiger partial charge in [0.25, 0.3) is 0 Å². The van der Waals surface area contributed by atoms with E-state index in [1.165, 1.54) is 12.1 Å². The van der Waals surface area contributed by atoms with Gasteiger partial charge in [0.1, 0.15) is 0 Å². The predicted octanol–water partition coefficient (Wildman–Crippen LogP) is 2.10. The van der Waals surface area contributed by atoms with E-state index in [1.807, 2.05) is 0 Å². The second-order valence-corrected chi connectivity index (χ2v) is 3.09. The van der Waals surface area contributed by atoms with E-state index in [1.54, 1.807) is 6.07 Å². The Morgan fingerprint density at radius 2 is 2.06 bits per heavy atom. The average molecular weight is 225 g/mol. The number of carbonyl (C=O) groups is 1. The van der Waals surface area contributed by atoms with Gasteiger partial charge in [0.05, 0.1) is 12.5 Å². The van der Waals surface area contributed by atoms with Gasteiger partial charge in [-0.3, -0.25) is 4.79 Å². The number of alkyl halides is 2. The summed E-state index contributed by atoms with van der Waals surface area (Å²) < 4.78 is 33.6. The molecule has 0 saturated heterocycles. The lowest BCUT2D eigenvalue weighted by Gasteiger charge is -2.04. The zero-order valence-electron chi connectivity index (χ0n) is 7.87. The molecule has 1 heterocycles. The average Bonchev–Trinajstić information content (AvgIpc) is 2.50. The molecule has 4 nitrogen and oxygen atoms in total. The number of benzene rings is 1. The van der Waals surface area contributed by atoms with Gasteiger partial charge in [-0.25, -0.2) is 0 Å². The smallest absolute Gasteiger partial charge is 0.395 e. The van der Waals surface area contributed by atoms with Gasteiger partial charge in [-0.2, -0.15) is 5.26 Å². The molecule has 1 aromatic carbocycles. The zero-order chi connectivity index (χ0) is 11.8. The molecule has 0 radical (unpaired) electrons. The van der Waals surface area contributed by atoms with Crippen LogP contribution in [0.2, 0.25) is 0 Å². The van der Waals surface area contributed by atoms with E-state index < -0.39 is 12.1 Å². The summed E-state index contributed by atoms with van der Waals surface area (Å²) in [7, 11) is 0. The van der Waals surface area contributed by atoms with Gasteiger partial charge >= 0.3 is 6.29 Å². The molecular weight excluding hydrogens is 220 g/mol. The second kappa shape index (κ2) is 3.45. The quantitative estimate of drug-likeness (QED) is 0.723. The van der Waals surface area contributed by atoms with Crippen molar-refractivity contribution in [2.75, 3.05) is 0 Å². The first-order chi connectivity index (χ1) is 7.52. The molecule has 0 aromatic heterocycles. The van der Waals surface area contributed by atoms with Gasteiger partial charge in [-0.05, 0) is 18.2 Å². The third-order valence-electron chi connectivity index (χ3n) is 1.96. The fraction of sp³-hybridized carbons (Fsp3) is 0.200. The summed E-state index contributed by atoms with van der Waals surface area (Å²) in [6.07, 6.45) is -4.00.